The van der Waals surface area contributed by atoms with Gasteiger partial charge in [0.25, 0.3) is 0 Å². The van der Waals surface area contributed by atoms with Crippen LogP contribution in [0.15, 0.2) is 12.1 Å². The Hall–Kier alpha value is -1.18. The minimum absolute atomic E-state index is 0.0197. The molecule has 0 radical (unpaired) electrons. The van der Waals surface area contributed by atoms with Gasteiger partial charge in [-0.05, 0) is 33.8 Å². The lowest BCUT2D eigenvalue weighted by molar-refractivity contribution is -0.0381. The summed E-state index contributed by atoms with van der Waals surface area (Å²) in [5, 5.41) is 0. The summed E-state index contributed by atoms with van der Waals surface area (Å²) in [4.78, 5) is 0. The molecule has 0 amide bonds. The molecule has 0 spiro atoms. The summed E-state index contributed by atoms with van der Waals surface area (Å²) < 4.78 is 50.8. The average molecular weight is 340 g/mol. The van der Waals surface area contributed by atoms with Crippen molar-refractivity contribution in [3.8, 4) is 5.75 Å². The third-order valence-corrected chi connectivity index (χ3v) is 5.22. The molecule has 7 heteroatoms. The molecule has 3 rings (SSSR count). The van der Waals surface area contributed by atoms with Crippen molar-refractivity contribution in [2.24, 2.45) is 0 Å². The van der Waals surface area contributed by atoms with E-state index in [1.165, 1.54) is 6.07 Å². The Bertz CT molecular complexity index is 613. The number of halogens is 2. The molecule has 132 valence electrons. The minimum Gasteiger partial charge on any atom is -0.490 e. The third kappa shape index (κ3) is 3.05. The summed E-state index contributed by atoms with van der Waals surface area (Å²) in [6.07, 6.45) is 1.59. The van der Waals surface area contributed by atoms with Gasteiger partial charge < -0.3 is 18.8 Å². The highest BCUT2D eigenvalue weighted by Crippen LogP contribution is 2.37. The fourth-order valence-electron chi connectivity index (χ4n) is 2.79. The van der Waals surface area contributed by atoms with Crippen molar-refractivity contribution in [2.45, 2.75) is 63.9 Å². The zero-order chi connectivity index (χ0) is 17.7. The molecule has 1 aliphatic carbocycles. The van der Waals surface area contributed by atoms with E-state index in [1.54, 1.807) is 7.11 Å². The van der Waals surface area contributed by atoms with Crippen molar-refractivity contribution in [2.75, 3.05) is 7.11 Å². The molecule has 0 atom stereocenters. The predicted octanol–water partition coefficient (Wildman–Crippen LogP) is 2.82. The largest absolute Gasteiger partial charge is 0.498 e. The second kappa shape index (κ2) is 5.97. The van der Waals surface area contributed by atoms with Crippen LogP contribution in [0.25, 0.3) is 0 Å². The van der Waals surface area contributed by atoms with E-state index in [9.17, 15) is 8.78 Å². The summed E-state index contributed by atoms with van der Waals surface area (Å²) >= 11 is 0. The molecule has 0 unspecified atom stereocenters. The maximum atomic E-state index is 14.3. The molecule has 4 nitrogen and oxygen atoms in total. The highest BCUT2D eigenvalue weighted by Gasteiger charge is 2.52. The summed E-state index contributed by atoms with van der Waals surface area (Å²) in [7, 11) is 0.676. The summed E-state index contributed by atoms with van der Waals surface area (Å²) in [5.41, 5.74) is -1.24. The van der Waals surface area contributed by atoms with Crippen molar-refractivity contribution in [3.05, 3.63) is 23.8 Å². The van der Waals surface area contributed by atoms with Crippen molar-refractivity contribution in [1.29, 1.82) is 0 Å². The first-order valence-electron chi connectivity index (χ1n) is 8.17. The fourth-order valence-corrected chi connectivity index (χ4v) is 2.79. The van der Waals surface area contributed by atoms with Gasteiger partial charge >= 0.3 is 7.12 Å². The van der Waals surface area contributed by atoms with Gasteiger partial charge in [0.2, 0.25) is 0 Å². The topological polar surface area (TPSA) is 36.9 Å². The summed E-state index contributed by atoms with van der Waals surface area (Å²) in [6.45, 7) is 7.45. The Morgan fingerprint density at radius 1 is 1.04 bits per heavy atom. The Morgan fingerprint density at radius 2 is 1.62 bits per heavy atom. The van der Waals surface area contributed by atoms with Crippen molar-refractivity contribution in [3.63, 3.8) is 0 Å². The van der Waals surface area contributed by atoms with E-state index >= 15 is 0 Å². The lowest BCUT2D eigenvalue weighted by atomic mass is 9.78. The second-order valence-electron chi connectivity index (χ2n) is 7.47. The monoisotopic (exact) mass is 340 g/mol. The molecule has 0 N–H and O–H groups in total. The van der Waals surface area contributed by atoms with Crippen LogP contribution in [-0.4, -0.2) is 37.6 Å². The van der Waals surface area contributed by atoms with Gasteiger partial charge in [-0.15, -0.1) is 0 Å². The number of benzene rings is 1. The molecule has 1 aromatic carbocycles. The van der Waals surface area contributed by atoms with Gasteiger partial charge in [0.05, 0.1) is 17.3 Å². The molecule has 1 aromatic rings. The van der Waals surface area contributed by atoms with Gasteiger partial charge in [0.1, 0.15) is 11.9 Å². The lowest BCUT2D eigenvalue weighted by Gasteiger charge is -2.34. The van der Waals surface area contributed by atoms with Crippen LogP contribution in [0, 0.1) is 11.6 Å². The first-order chi connectivity index (χ1) is 11.1. The average Bonchev–Trinajstić information content (AvgIpc) is 2.65. The smallest absolute Gasteiger partial charge is 0.490 e. The Balaban J connectivity index is 1.81. The van der Waals surface area contributed by atoms with Crippen LogP contribution in [-0.2, 0) is 14.0 Å². The Kier molecular flexibility index (Phi) is 4.39. The molecule has 0 bridgehead atoms. The van der Waals surface area contributed by atoms with Crippen LogP contribution >= 0.6 is 0 Å². The first-order valence-corrected chi connectivity index (χ1v) is 8.17. The minimum atomic E-state index is -0.972. The third-order valence-electron chi connectivity index (χ3n) is 5.22. The molecular formula is C17H23BF2O4. The summed E-state index contributed by atoms with van der Waals surface area (Å²) in [5.74, 6) is -1.66. The van der Waals surface area contributed by atoms with Gasteiger partial charge in [-0.2, -0.15) is 0 Å². The van der Waals surface area contributed by atoms with E-state index in [0.29, 0.717) is 0 Å². The molecule has 2 fully saturated rings. The van der Waals surface area contributed by atoms with E-state index in [0.717, 1.165) is 18.9 Å². The first kappa shape index (κ1) is 17.6. The quantitative estimate of drug-likeness (QED) is 0.790. The van der Waals surface area contributed by atoms with E-state index in [1.807, 2.05) is 27.7 Å². The highest BCUT2D eigenvalue weighted by atomic mass is 19.2. The van der Waals surface area contributed by atoms with Crippen LogP contribution in [0.5, 0.6) is 5.75 Å². The van der Waals surface area contributed by atoms with E-state index in [-0.39, 0.29) is 23.4 Å². The molecule has 1 saturated carbocycles. The predicted molar refractivity (Wildman–Crippen MR) is 86.5 cm³/mol. The molecule has 1 saturated heterocycles. The zero-order valence-corrected chi connectivity index (χ0v) is 14.7. The maximum absolute atomic E-state index is 14.3. The van der Waals surface area contributed by atoms with Crippen LogP contribution in [0.3, 0.4) is 0 Å². The van der Waals surface area contributed by atoms with E-state index < -0.39 is 30.0 Å². The number of ether oxygens (including phenoxy) is 2. The Morgan fingerprint density at radius 3 is 2.17 bits per heavy atom. The normalized spacial score (nSPS) is 27.9. The van der Waals surface area contributed by atoms with Gasteiger partial charge in [0, 0.05) is 31.5 Å². The number of hydrogen-bond acceptors (Lipinski definition) is 4. The van der Waals surface area contributed by atoms with E-state index in [4.69, 9.17) is 18.8 Å². The van der Waals surface area contributed by atoms with Crippen LogP contribution in [0.2, 0.25) is 0 Å². The van der Waals surface area contributed by atoms with Crippen LogP contribution in [0.1, 0.15) is 40.5 Å². The van der Waals surface area contributed by atoms with E-state index in [2.05, 4.69) is 0 Å². The van der Waals surface area contributed by atoms with Crippen LogP contribution in [0.4, 0.5) is 8.78 Å². The standard InChI is InChI=1S/C17H23BF2O4/c1-16(2)17(3,4)24-18(23-16)13-8-12(9-14(19)15(13)20)22-11-6-10(7-11)21-5/h8-11H,6-7H2,1-5H3. The fraction of sp³-hybridized carbons (Fsp3) is 0.647. The zero-order valence-electron chi connectivity index (χ0n) is 14.7. The lowest BCUT2D eigenvalue weighted by Crippen LogP contribution is -2.41. The summed E-state index contributed by atoms with van der Waals surface area (Å²) in [6, 6.07) is 2.52. The van der Waals surface area contributed by atoms with Crippen molar-refractivity contribution >= 4 is 12.6 Å². The SMILES string of the molecule is COC1CC(Oc2cc(F)c(F)c(B3OC(C)(C)C(C)(C)O3)c2)C1. The van der Waals surface area contributed by atoms with Gasteiger partial charge in [-0.25, -0.2) is 8.78 Å². The highest BCUT2D eigenvalue weighted by molar-refractivity contribution is 6.62. The number of rotatable bonds is 4. The molecular weight excluding hydrogens is 317 g/mol. The van der Waals surface area contributed by atoms with Gasteiger partial charge in [-0.3, -0.25) is 0 Å². The molecule has 1 aliphatic heterocycles. The number of methoxy groups -OCH3 is 1. The van der Waals surface area contributed by atoms with Gasteiger partial charge in [-0.1, -0.05) is 0 Å². The van der Waals surface area contributed by atoms with Crippen molar-refractivity contribution < 1.29 is 27.6 Å². The molecule has 24 heavy (non-hydrogen) atoms. The van der Waals surface area contributed by atoms with Gasteiger partial charge in [0.15, 0.2) is 11.6 Å². The van der Waals surface area contributed by atoms with Crippen molar-refractivity contribution in [1.82, 2.24) is 0 Å². The second-order valence-corrected chi connectivity index (χ2v) is 7.47. The Labute approximate surface area is 141 Å². The van der Waals surface area contributed by atoms with Crippen LogP contribution < -0.4 is 10.2 Å². The molecule has 2 aliphatic rings. The molecule has 1 heterocycles. The maximum Gasteiger partial charge on any atom is 0.498 e. The molecule has 0 aromatic heterocycles. The number of hydrogen-bond donors (Lipinski definition) is 0.